The fourth-order valence-electron chi connectivity index (χ4n) is 5.42. The fraction of sp³-hybridized carbons (Fsp3) is 0.423. The van der Waals surface area contributed by atoms with Gasteiger partial charge in [-0.15, -0.1) is 0 Å². The highest BCUT2D eigenvalue weighted by Crippen LogP contribution is 2.52. The van der Waals surface area contributed by atoms with Gasteiger partial charge in [-0.05, 0) is 12.8 Å². The third-order valence-electron chi connectivity index (χ3n) is 7.54. The summed E-state index contributed by atoms with van der Waals surface area (Å²) in [6, 6.07) is 6.07. The number of ketones is 3. The van der Waals surface area contributed by atoms with Crippen LogP contribution in [0.25, 0.3) is 0 Å². The molecule has 1 heterocycles. The third-order valence-corrected chi connectivity index (χ3v) is 7.54. The van der Waals surface area contributed by atoms with Gasteiger partial charge in [0.15, 0.2) is 23.6 Å². The Bertz CT molecular complexity index is 1290. The van der Waals surface area contributed by atoms with Crippen molar-refractivity contribution in [1.29, 1.82) is 0 Å². The summed E-state index contributed by atoms with van der Waals surface area (Å²) in [6.45, 7) is 2.94. The van der Waals surface area contributed by atoms with Gasteiger partial charge in [0.05, 0.1) is 23.3 Å². The molecule has 6 atom stereocenters. The molecule has 10 nitrogen and oxygen atoms in total. The number of hydrogen-bond donors (Lipinski definition) is 5. The number of benzene rings is 2. The Morgan fingerprint density at radius 3 is 2.25 bits per heavy atom. The molecule has 1 aliphatic heterocycles. The van der Waals surface area contributed by atoms with Crippen molar-refractivity contribution < 1.29 is 44.3 Å². The zero-order chi connectivity index (χ0) is 26.1. The van der Waals surface area contributed by atoms with Crippen molar-refractivity contribution in [3.05, 3.63) is 57.6 Å². The number of nitrogens with two attached hydrogens (primary N) is 1. The molecule has 0 aromatic heterocycles. The van der Waals surface area contributed by atoms with Crippen molar-refractivity contribution >= 4 is 17.3 Å². The quantitative estimate of drug-likeness (QED) is 0.331. The molecule has 3 aliphatic rings. The van der Waals surface area contributed by atoms with Crippen LogP contribution in [0, 0.1) is 5.92 Å². The van der Waals surface area contributed by atoms with E-state index in [-0.39, 0.29) is 52.1 Å². The maximum absolute atomic E-state index is 13.3. The number of fused-ring (bicyclic) bond motifs is 3. The summed E-state index contributed by atoms with van der Waals surface area (Å²) in [5, 5.41) is 43.8. The van der Waals surface area contributed by atoms with Crippen molar-refractivity contribution in [2.45, 2.75) is 63.4 Å². The number of hydrogen-bond acceptors (Lipinski definition) is 10. The summed E-state index contributed by atoms with van der Waals surface area (Å²) in [5.74, 6) is -3.35. The van der Waals surface area contributed by atoms with Crippen LogP contribution in [0.2, 0.25) is 0 Å². The largest absolute Gasteiger partial charge is 0.507 e. The summed E-state index contributed by atoms with van der Waals surface area (Å²) in [6.07, 6.45) is -4.61. The van der Waals surface area contributed by atoms with Gasteiger partial charge in [-0.1, -0.05) is 31.2 Å². The molecular formula is C26H27NO9. The Labute approximate surface area is 206 Å². The van der Waals surface area contributed by atoms with E-state index in [2.05, 4.69) is 0 Å². The summed E-state index contributed by atoms with van der Waals surface area (Å²) >= 11 is 0. The number of rotatable bonds is 3. The van der Waals surface area contributed by atoms with Crippen LogP contribution in [0.1, 0.15) is 75.8 Å². The third kappa shape index (κ3) is 3.56. The van der Waals surface area contributed by atoms with Gasteiger partial charge < -0.3 is 35.6 Å². The van der Waals surface area contributed by atoms with Gasteiger partial charge in [-0.3, -0.25) is 14.4 Å². The molecule has 0 amide bonds. The van der Waals surface area contributed by atoms with E-state index in [1.165, 1.54) is 19.1 Å². The molecule has 5 rings (SSSR count). The van der Waals surface area contributed by atoms with Crippen LogP contribution in [-0.2, 0) is 20.7 Å². The first-order chi connectivity index (χ1) is 16.9. The summed E-state index contributed by atoms with van der Waals surface area (Å²) in [4.78, 5) is 39.0. The Morgan fingerprint density at radius 2 is 1.69 bits per heavy atom. The van der Waals surface area contributed by atoms with E-state index in [4.69, 9.17) is 15.2 Å². The number of carbonyl (C=O) groups excluding carboxylic acids is 3. The van der Waals surface area contributed by atoms with Crippen molar-refractivity contribution in [1.82, 2.24) is 0 Å². The predicted octanol–water partition coefficient (Wildman–Crippen LogP) is 1.23. The first-order valence-electron chi connectivity index (χ1n) is 11.7. The molecule has 0 bridgehead atoms. The van der Waals surface area contributed by atoms with Gasteiger partial charge in [-0.2, -0.15) is 0 Å². The molecule has 36 heavy (non-hydrogen) atoms. The second-order valence-corrected chi connectivity index (χ2v) is 9.87. The zero-order valence-electron chi connectivity index (χ0n) is 19.7. The molecule has 190 valence electrons. The van der Waals surface area contributed by atoms with E-state index < -0.39 is 65.6 Å². The number of carbonyl (C=O) groups is 3. The first-order valence-corrected chi connectivity index (χ1v) is 11.7. The van der Waals surface area contributed by atoms with Gasteiger partial charge in [0, 0.05) is 41.5 Å². The lowest BCUT2D eigenvalue weighted by atomic mass is 9.72. The molecule has 1 fully saturated rings. The Kier molecular flexibility index (Phi) is 5.77. The highest BCUT2D eigenvalue weighted by atomic mass is 16.7. The Morgan fingerprint density at radius 1 is 1.11 bits per heavy atom. The van der Waals surface area contributed by atoms with E-state index in [9.17, 15) is 34.8 Å². The van der Waals surface area contributed by atoms with Gasteiger partial charge in [-0.25, -0.2) is 0 Å². The minimum Gasteiger partial charge on any atom is -0.507 e. The van der Waals surface area contributed by atoms with Crippen LogP contribution in [0.3, 0.4) is 0 Å². The van der Waals surface area contributed by atoms with Crippen molar-refractivity contribution in [3.8, 4) is 11.5 Å². The number of aliphatic hydroxyl groups is 2. The topological polar surface area (TPSA) is 177 Å². The SMILES string of the molecule is CC(=O)[C@@]1(O)Cc2c(O)c3c(c(O)c2[C@H](O[C@H]2C[C@H](C)[C@H](O)[C@H](N)O2)C1)C(=O)c1ccccc1C3=O. The molecule has 6 N–H and O–H groups in total. The Hall–Kier alpha value is -3.15. The number of phenols is 2. The average molecular weight is 498 g/mol. The van der Waals surface area contributed by atoms with E-state index in [0.717, 1.165) is 0 Å². The monoisotopic (exact) mass is 497 g/mol. The molecule has 0 spiro atoms. The van der Waals surface area contributed by atoms with Crippen LogP contribution >= 0.6 is 0 Å². The lowest BCUT2D eigenvalue weighted by Gasteiger charge is -2.42. The van der Waals surface area contributed by atoms with E-state index >= 15 is 0 Å². The van der Waals surface area contributed by atoms with Crippen molar-refractivity contribution in [3.63, 3.8) is 0 Å². The standard InChI is InChI=1S/C26H27NO9/c1-10-7-16(36-25(27)20(10)29)35-15-9-26(34,11(2)28)8-14-17(15)24(33)19-18(23(14)32)21(30)12-5-3-4-6-13(12)22(19)31/h3-6,10,15-16,20,25,29,32-34H,7-9,27H2,1-2H3/t10-,15+,16+,20-,25+,26+/m0/s1. The number of phenolic OH excluding ortho intramolecular Hbond substituents is 2. The highest BCUT2D eigenvalue weighted by Gasteiger charge is 2.49. The molecule has 0 radical (unpaired) electrons. The second kappa shape index (κ2) is 8.46. The maximum Gasteiger partial charge on any atom is 0.198 e. The fourth-order valence-corrected chi connectivity index (χ4v) is 5.42. The Balaban J connectivity index is 1.66. The highest BCUT2D eigenvalue weighted by molar-refractivity contribution is 6.30. The summed E-state index contributed by atoms with van der Waals surface area (Å²) < 4.78 is 11.6. The van der Waals surface area contributed by atoms with Crippen molar-refractivity contribution in [2.24, 2.45) is 11.7 Å². The van der Waals surface area contributed by atoms with Gasteiger partial charge in [0.25, 0.3) is 0 Å². The number of aliphatic hydroxyl groups excluding tert-OH is 1. The molecule has 0 unspecified atom stereocenters. The lowest BCUT2D eigenvalue weighted by Crippen LogP contribution is -2.51. The molecule has 2 aromatic carbocycles. The molecule has 2 aliphatic carbocycles. The minimum absolute atomic E-state index is 0.00588. The van der Waals surface area contributed by atoms with Crippen LogP contribution in [0.15, 0.2) is 24.3 Å². The number of ether oxygens (including phenoxy) is 2. The maximum atomic E-state index is 13.3. The average Bonchev–Trinajstić information content (AvgIpc) is 2.82. The van der Waals surface area contributed by atoms with Gasteiger partial charge in [0.2, 0.25) is 0 Å². The lowest BCUT2D eigenvalue weighted by molar-refractivity contribution is -0.257. The molecule has 10 heteroatoms. The molecule has 2 aromatic rings. The van der Waals surface area contributed by atoms with E-state index in [1.807, 2.05) is 0 Å². The zero-order valence-corrected chi connectivity index (χ0v) is 19.7. The van der Waals surface area contributed by atoms with Gasteiger partial charge in [0.1, 0.15) is 23.3 Å². The summed E-state index contributed by atoms with van der Waals surface area (Å²) in [7, 11) is 0. The summed E-state index contributed by atoms with van der Waals surface area (Å²) in [5.41, 5.74) is 3.24. The van der Waals surface area contributed by atoms with Crippen LogP contribution in [-0.4, -0.2) is 62.0 Å². The molecular weight excluding hydrogens is 470 g/mol. The number of aromatic hydroxyl groups is 2. The van der Waals surface area contributed by atoms with E-state index in [1.54, 1.807) is 19.1 Å². The van der Waals surface area contributed by atoms with Crippen LogP contribution in [0.4, 0.5) is 0 Å². The van der Waals surface area contributed by atoms with Crippen molar-refractivity contribution in [2.75, 3.05) is 0 Å². The predicted molar refractivity (Wildman–Crippen MR) is 123 cm³/mol. The number of Topliss-reactive ketones (excluding diaryl/α,β-unsaturated/α-hetero) is 1. The minimum atomic E-state index is -1.97. The molecule has 1 saturated heterocycles. The smallest absolute Gasteiger partial charge is 0.198 e. The normalized spacial score (nSPS) is 31.4. The van der Waals surface area contributed by atoms with Crippen LogP contribution in [0.5, 0.6) is 11.5 Å². The first kappa shape index (κ1) is 24.5. The van der Waals surface area contributed by atoms with E-state index in [0.29, 0.717) is 0 Å². The molecule has 0 saturated carbocycles. The van der Waals surface area contributed by atoms with Gasteiger partial charge >= 0.3 is 0 Å². The van der Waals surface area contributed by atoms with Crippen LogP contribution < -0.4 is 5.73 Å². The second-order valence-electron chi connectivity index (χ2n) is 9.87.